The molecule has 0 unspecified atom stereocenters. The van der Waals surface area contributed by atoms with E-state index in [9.17, 15) is 0 Å². The number of aryl methyl sites for hydroxylation is 2. The molecule has 0 atom stereocenters. The first-order chi connectivity index (χ1) is 14.7. The van der Waals surface area contributed by atoms with Gasteiger partial charge in [0.15, 0.2) is 0 Å². The van der Waals surface area contributed by atoms with Crippen molar-refractivity contribution in [3.8, 4) is 11.1 Å². The number of hydrogen-bond donors (Lipinski definition) is 0. The maximum Gasteiger partial charge on any atom is 0.244 e. The van der Waals surface area contributed by atoms with Gasteiger partial charge in [-0.1, -0.05) is 106 Å². The van der Waals surface area contributed by atoms with Crippen molar-refractivity contribution < 1.29 is 0 Å². The van der Waals surface area contributed by atoms with E-state index < -0.39 is 0 Å². The van der Waals surface area contributed by atoms with Gasteiger partial charge in [-0.05, 0) is 64.1 Å². The van der Waals surface area contributed by atoms with E-state index in [-0.39, 0.29) is 0 Å². The Balaban J connectivity index is 1.72. The molecule has 1 heteroatoms. The van der Waals surface area contributed by atoms with Crippen LogP contribution in [-0.2, 0) is 6.42 Å². The Bertz CT molecular complexity index is 1540. The standard InChI is InChI=1S/C29H21B/c1-17-13-14-19-8-5-11-23-24-12-6-9-21-16-25-22-10-4-3-7-20(22)15-18(2)27(25)30(29(21)24)28(17)26(19)23/h3-15H,16H2,1-2H3. The van der Waals surface area contributed by atoms with Crippen molar-refractivity contribution in [2.24, 2.45) is 0 Å². The second-order valence-corrected chi connectivity index (χ2v) is 8.99. The van der Waals surface area contributed by atoms with E-state index in [4.69, 9.17) is 0 Å². The van der Waals surface area contributed by atoms with Crippen LogP contribution >= 0.6 is 0 Å². The van der Waals surface area contributed by atoms with Gasteiger partial charge in [0.05, 0.1) is 0 Å². The maximum absolute atomic E-state index is 2.40. The van der Waals surface area contributed by atoms with Gasteiger partial charge >= 0.3 is 0 Å². The number of hydrogen-bond acceptors (Lipinski definition) is 0. The van der Waals surface area contributed by atoms with Gasteiger partial charge in [-0.3, -0.25) is 0 Å². The van der Waals surface area contributed by atoms with Crippen LogP contribution in [0, 0.1) is 13.8 Å². The Morgan fingerprint density at radius 1 is 0.633 bits per heavy atom. The lowest BCUT2D eigenvalue weighted by atomic mass is 9.29. The summed E-state index contributed by atoms with van der Waals surface area (Å²) in [4.78, 5) is 0. The molecule has 0 saturated heterocycles. The molecule has 0 nitrogen and oxygen atoms in total. The van der Waals surface area contributed by atoms with Crippen molar-refractivity contribution in [1.82, 2.24) is 0 Å². The van der Waals surface area contributed by atoms with Gasteiger partial charge in [-0.25, -0.2) is 0 Å². The summed E-state index contributed by atoms with van der Waals surface area (Å²) >= 11 is 0. The van der Waals surface area contributed by atoms with Gasteiger partial charge in [0.25, 0.3) is 0 Å². The lowest BCUT2D eigenvalue weighted by Gasteiger charge is -2.36. The Morgan fingerprint density at radius 2 is 1.43 bits per heavy atom. The molecule has 0 bridgehead atoms. The number of rotatable bonds is 0. The molecule has 2 aliphatic rings. The molecule has 0 spiro atoms. The van der Waals surface area contributed by atoms with Gasteiger partial charge < -0.3 is 0 Å². The number of fused-ring (bicyclic) bond motifs is 6. The van der Waals surface area contributed by atoms with Crippen LogP contribution in [0.3, 0.4) is 0 Å². The fraction of sp³-hybridized carbons (Fsp3) is 0.103. The number of benzene rings is 5. The molecule has 7 rings (SSSR count). The second-order valence-electron chi connectivity index (χ2n) is 8.99. The molecule has 2 aliphatic heterocycles. The third kappa shape index (κ3) is 1.93. The summed E-state index contributed by atoms with van der Waals surface area (Å²) in [6, 6.07) is 29.7. The van der Waals surface area contributed by atoms with Gasteiger partial charge in [0.2, 0.25) is 6.71 Å². The van der Waals surface area contributed by atoms with Crippen LogP contribution in [0.5, 0.6) is 0 Å². The van der Waals surface area contributed by atoms with Crippen LogP contribution in [-0.4, -0.2) is 6.71 Å². The molecule has 0 N–H and O–H groups in total. The monoisotopic (exact) mass is 380 g/mol. The molecule has 5 aromatic rings. The van der Waals surface area contributed by atoms with Crippen molar-refractivity contribution in [3.05, 3.63) is 101 Å². The quantitative estimate of drug-likeness (QED) is 0.325. The molecule has 0 amide bonds. The molecular weight excluding hydrogens is 359 g/mol. The molecule has 0 radical (unpaired) electrons. The molecule has 5 aromatic carbocycles. The van der Waals surface area contributed by atoms with E-state index >= 15 is 0 Å². The predicted molar refractivity (Wildman–Crippen MR) is 130 cm³/mol. The Kier molecular flexibility index (Phi) is 3.10. The highest BCUT2D eigenvalue weighted by Gasteiger charge is 2.39. The highest BCUT2D eigenvalue weighted by Crippen LogP contribution is 2.35. The van der Waals surface area contributed by atoms with Crippen molar-refractivity contribution in [1.29, 1.82) is 0 Å². The third-order valence-corrected chi connectivity index (χ3v) is 7.43. The van der Waals surface area contributed by atoms with Gasteiger partial charge in [-0.15, -0.1) is 0 Å². The Labute approximate surface area is 177 Å². The average Bonchev–Trinajstić information content (AvgIpc) is 2.77. The average molecular weight is 380 g/mol. The van der Waals surface area contributed by atoms with E-state index in [1.54, 1.807) is 5.46 Å². The largest absolute Gasteiger partial charge is 0.244 e. The highest BCUT2D eigenvalue weighted by atomic mass is 14.3. The molecule has 0 aromatic heterocycles. The normalized spacial score (nSPS) is 13.5. The fourth-order valence-electron chi connectivity index (χ4n) is 6.26. The van der Waals surface area contributed by atoms with Crippen LogP contribution in [0.2, 0.25) is 0 Å². The summed E-state index contributed by atoms with van der Waals surface area (Å²) < 4.78 is 0. The Hall–Kier alpha value is -3.32. The first kappa shape index (κ1) is 16.5. The van der Waals surface area contributed by atoms with Crippen LogP contribution in [0.15, 0.2) is 78.9 Å². The third-order valence-electron chi connectivity index (χ3n) is 7.43. The zero-order chi connectivity index (χ0) is 20.0. The summed E-state index contributed by atoms with van der Waals surface area (Å²) in [6.07, 6.45) is 1.02. The van der Waals surface area contributed by atoms with Crippen LogP contribution in [0.1, 0.15) is 22.3 Å². The van der Waals surface area contributed by atoms with E-state index in [0.29, 0.717) is 6.71 Å². The van der Waals surface area contributed by atoms with Gasteiger partial charge in [0.1, 0.15) is 0 Å². The van der Waals surface area contributed by atoms with E-state index in [1.807, 2.05) is 0 Å². The van der Waals surface area contributed by atoms with Crippen molar-refractivity contribution >= 4 is 44.6 Å². The summed E-state index contributed by atoms with van der Waals surface area (Å²) in [5.41, 5.74) is 13.3. The summed E-state index contributed by atoms with van der Waals surface area (Å²) in [6.45, 7) is 4.93. The summed E-state index contributed by atoms with van der Waals surface area (Å²) in [5, 5.41) is 5.58. The lowest BCUT2D eigenvalue weighted by molar-refractivity contribution is 1.22. The smallest absolute Gasteiger partial charge is 0.0616 e. The van der Waals surface area contributed by atoms with Crippen molar-refractivity contribution in [3.63, 3.8) is 0 Å². The molecule has 140 valence electrons. The zero-order valence-electron chi connectivity index (χ0n) is 17.3. The zero-order valence-corrected chi connectivity index (χ0v) is 17.3. The molecular formula is C29H21B. The first-order valence-electron chi connectivity index (χ1n) is 10.9. The maximum atomic E-state index is 2.40. The van der Waals surface area contributed by atoms with Crippen LogP contribution < -0.4 is 16.4 Å². The lowest BCUT2D eigenvalue weighted by Crippen LogP contribution is -2.60. The summed E-state index contributed by atoms with van der Waals surface area (Å²) in [7, 11) is 0. The molecule has 0 fully saturated rings. The fourth-order valence-corrected chi connectivity index (χ4v) is 6.26. The van der Waals surface area contributed by atoms with Gasteiger partial charge in [0, 0.05) is 0 Å². The van der Waals surface area contributed by atoms with Gasteiger partial charge in [-0.2, -0.15) is 0 Å². The molecule has 0 saturated carbocycles. The van der Waals surface area contributed by atoms with E-state index in [2.05, 4.69) is 92.7 Å². The van der Waals surface area contributed by atoms with E-state index in [0.717, 1.165) is 6.42 Å². The van der Waals surface area contributed by atoms with E-state index in [1.165, 1.54) is 65.9 Å². The topological polar surface area (TPSA) is 0 Å². The minimum absolute atomic E-state index is 0.322. The minimum Gasteiger partial charge on any atom is -0.0616 e. The molecule has 2 heterocycles. The minimum atomic E-state index is 0.322. The van der Waals surface area contributed by atoms with Crippen molar-refractivity contribution in [2.75, 3.05) is 0 Å². The van der Waals surface area contributed by atoms with Crippen LogP contribution in [0.25, 0.3) is 32.7 Å². The Morgan fingerprint density at radius 3 is 2.37 bits per heavy atom. The highest BCUT2D eigenvalue weighted by molar-refractivity contribution is 7.00. The van der Waals surface area contributed by atoms with Crippen molar-refractivity contribution in [2.45, 2.75) is 20.3 Å². The first-order valence-corrected chi connectivity index (χ1v) is 10.9. The molecule has 30 heavy (non-hydrogen) atoms. The van der Waals surface area contributed by atoms with Crippen LogP contribution in [0.4, 0.5) is 0 Å². The molecule has 0 aliphatic carbocycles. The summed E-state index contributed by atoms with van der Waals surface area (Å²) in [5.74, 6) is 0. The predicted octanol–water partition coefficient (Wildman–Crippen LogP) is 5.01. The second kappa shape index (κ2) is 5.64. The SMILES string of the molecule is Cc1cc2ccccc2c2c1B1c3c(cccc3-c3cccc4ccc(C)c1c34)C2.